The van der Waals surface area contributed by atoms with Crippen LogP contribution in [0.25, 0.3) is 17.2 Å². The van der Waals surface area contributed by atoms with Gasteiger partial charge in [0.25, 0.3) is 0 Å². The Morgan fingerprint density at radius 1 is 0.889 bits per heavy atom. The van der Waals surface area contributed by atoms with Crippen LogP contribution in [0.4, 0.5) is 0 Å². The molecule has 0 amide bonds. The number of hydrogen-bond acceptors (Lipinski definition) is 2. The first-order valence-electron chi connectivity index (χ1n) is 10.9. The van der Waals surface area contributed by atoms with E-state index in [0.29, 0.717) is 5.92 Å². The van der Waals surface area contributed by atoms with Crippen molar-refractivity contribution in [2.75, 3.05) is 0 Å². The van der Waals surface area contributed by atoms with Gasteiger partial charge in [0.15, 0.2) is 5.82 Å². The van der Waals surface area contributed by atoms with Crippen LogP contribution in [-0.4, -0.2) is 9.97 Å². The zero-order chi connectivity index (χ0) is 18.9. The third-order valence-electron chi connectivity index (χ3n) is 5.88. The summed E-state index contributed by atoms with van der Waals surface area (Å²) in [5.41, 5.74) is 3.70. The van der Waals surface area contributed by atoms with Crippen LogP contribution >= 0.6 is 0 Å². The third-order valence-corrected chi connectivity index (χ3v) is 5.88. The maximum Gasteiger partial charge on any atom is 0.151 e. The first kappa shape index (κ1) is 19.8. The van der Waals surface area contributed by atoms with Crippen molar-refractivity contribution in [3.05, 3.63) is 54.1 Å². The summed E-state index contributed by atoms with van der Waals surface area (Å²) in [5.74, 6) is 2.49. The molecule has 1 heterocycles. The molecule has 2 heteroatoms. The number of nitrogens with zero attached hydrogens (tertiary/aromatic N) is 2. The number of hydrogen-bond donors (Lipinski definition) is 0. The summed E-state index contributed by atoms with van der Waals surface area (Å²) >= 11 is 0. The second kappa shape index (κ2) is 10.4. The molecule has 1 aromatic heterocycles. The van der Waals surface area contributed by atoms with Crippen molar-refractivity contribution in [1.82, 2.24) is 9.97 Å². The molecule has 0 saturated heterocycles. The molecule has 27 heavy (non-hydrogen) atoms. The van der Waals surface area contributed by atoms with E-state index >= 15 is 0 Å². The Labute approximate surface area is 165 Å². The van der Waals surface area contributed by atoms with E-state index in [1.54, 1.807) is 0 Å². The van der Waals surface area contributed by atoms with Gasteiger partial charge in [0.1, 0.15) is 0 Å². The van der Waals surface area contributed by atoms with Gasteiger partial charge in [-0.05, 0) is 67.6 Å². The molecular weight excluding hydrogens is 328 g/mol. The smallest absolute Gasteiger partial charge is 0.151 e. The number of aryl methyl sites for hydroxylation is 1. The molecule has 144 valence electrons. The molecule has 1 aliphatic rings. The molecule has 1 aliphatic carbocycles. The summed E-state index contributed by atoms with van der Waals surface area (Å²) < 4.78 is 0. The lowest BCUT2D eigenvalue weighted by atomic mass is 9.80. The molecule has 0 atom stereocenters. The van der Waals surface area contributed by atoms with Gasteiger partial charge in [0, 0.05) is 18.0 Å². The second-order valence-corrected chi connectivity index (χ2v) is 8.06. The first-order chi connectivity index (χ1) is 13.3. The zero-order valence-electron chi connectivity index (χ0n) is 17.0. The van der Waals surface area contributed by atoms with Crippen molar-refractivity contribution in [1.29, 1.82) is 0 Å². The molecule has 0 aliphatic heterocycles. The van der Waals surface area contributed by atoms with Gasteiger partial charge in [-0.2, -0.15) is 0 Å². The Kier molecular flexibility index (Phi) is 7.62. The normalized spacial score (nSPS) is 20.2. The van der Waals surface area contributed by atoms with Gasteiger partial charge >= 0.3 is 0 Å². The highest BCUT2D eigenvalue weighted by atomic mass is 14.8. The van der Waals surface area contributed by atoms with Gasteiger partial charge in [-0.3, -0.25) is 0 Å². The number of rotatable bonds is 8. The SMILES string of the molecule is CCCCc1ccc(-c2cnc(C=C[C@H]3CC[C@H](CCC)CC3)nc2)cc1. The monoisotopic (exact) mass is 362 g/mol. The van der Waals surface area contributed by atoms with Crippen LogP contribution in [0, 0.1) is 11.8 Å². The Morgan fingerprint density at radius 3 is 2.22 bits per heavy atom. The van der Waals surface area contributed by atoms with E-state index in [-0.39, 0.29) is 0 Å². The summed E-state index contributed by atoms with van der Waals surface area (Å²) in [6.45, 7) is 4.53. The van der Waals surface area contributed by atoms with Gasteiger partial charge in [-0.25, -0.2) is 9.97 Å². The highest BCUT2D eigenvalue weighted by Crippen LogP contribution is 2.32. The van der Waals surface area contributed by atoms with E-state index in [0.717, 1.165) is 23.7 Å². The van der Waals surface area contributed by atoms with Crippen LogP contribution in [0.3, 0.4) is 0 Å². The summed E-state index contributed by atoms with van der Waals surface area (Å²) in [6, 6.07) is 8.84. The molecule has 3 rings (SSSR count). The Bertz CT molecular complexity index is 692. The molecule has 0 unspecified atom stereocenters. The van der Waals surface area contributed by atoms with Crippen molar-refractivity contribution in [3.63, 3.8) is 0 Å². The van der Waals surface area contributed by atoms with Gasteiger partial charge in [-0.1, -0.05) is 63.5 Å². The van der Waals surface area contributed by atoms with Crippen molar-refractivity contribution in [2.45, 2.75) is 71.6 Å². The fraction of sp³-hybridized carbons (Fsp3) is 0.520. The second-order valence-electron chi connectivity index (χ2n) is 8.06. The molecule has 1 fully saturated rings. The lowest BCUT2D eigenvalue weighted by Crippen LogP contribution is -2.12. The minimum atomic E-state index is 0.706. The maximum absolute atomic E-state index is 4.56. The maximum atomic E-state index is 4.56. The van der Waals surface area contributed by atoms with Gasteiger partial charge in [-0.15, -0.1) is 0 Å². The third kappa shape index (κ3) is 6.02. The highest BCUT2D eigenvalue weighted by molar-refractivity contribution is 5.62. The predicted molar refractivity (Wildman–Crippen MR) is 115 cm³/mol. The van der Waals surface area contributed by atoms with E-state index in [4.69, 9.17) is 0 Å². The summed E-state index contributed by atoms with van der Waals surface area (Å²) in [4.78, 5) is 9.12. The molecule has 1 saturated carbocycles. The number of unbranched alkanes of at least 4 members (excludes halogenated alkanes) is 1. The van der Waals surface area contributed by atoms with E-state index in [1.807, 2.05) is 12.4 Å². The Morgan fingerprint density at radius 2 is 1.59 bits per heavy atom. The average molecular weight is 363 g/mol. The van der Waals surface area contributed by atoms with Gasteiger partial charge in [0.2, 0.25) is 0 Å². The van der Waals surface area contributed by atoms with Crippen molar-refractivity contribution >= 4 is 6.08 Å². The van der Waals surface area contributed by atoms with E-state index in [2.05, 4.69) is 60.2 Å². The average Bonchev–Trinajstić information content (AvgIpc) is 2.73. The lowest BCUT2D eigenvalue weighted by Gasteiger charge is -2.26. The van der Waals surface area contributed by atoms with E-state index in [1.165, 1.54) is 62.5 Å². The number of aromatic nitrogens is 2. The number of benzene rings is 1. The van der Waals surface area contributed by atoms with E-state index < -0.39 is 0 Å². The summed E-state index contributed by atoms with van der Waals surface area (Å²) in [5, 5.41) is 0. The Hall–Kier alpha value is -1.96. The summed E-state index contributed by atoms with van der Waals surface area (Å²) in [6.07, 6.45) is 20.2. The molecule has 0 bridgehead atoms. The van der Waals surface area contributed by atoms with Crippen molar-refractivity contribution in [2.24, 2.45) is 11.8 Å². The predicted octanol–water partition coefficient (Wildman–Crippen LogP) is 7.11. The van der Waals surface area contributed by atoms with Crippen molar-refractivity contribution in [3.8, 4) is 11.1 Å². The Balaban J connectivity index is 1.54. The fourth-order valence-electron chi connectivity index (χ4n) is 4.12. The van der Waals surface area contributed by atoms with Crippen LogP contribution in [0.15, 0.2) is 42.7 Å². The molecule has 1 aromatic carbocycles. The van der Waals surface area contributed by atoms with Crippen LogP contribution in [0.2, 0.25) is 0 Å². The van der Waals surface area contributed by atoms with Crippen LogP contribution < -0.4 is 0 Å². The molecule has 0 radical (unpaired) electrons. The van der Waals surface area contributed by atoms with Crippen LogP contribution in [-0.2, 0) is 6.42 Å². The molecule has 2 aromatic rings. The molecule has 0 N–H and O–H groups in total. The standard InChI is InChI=1S/C25H34N2/c1-3-5-7-21-12-15-23(16-13-21)24-18-26-25(27-19-24)17-14-22-10-8-20(6-4-2)9-11-22/h12-20,22H,3-11H2,1-2H3/t20-,22-. The molecule has 2 nitrogen and oxygen atoms in total. The van der Waals surface area contributed by atoms with Crippen molar-refractivity contribution < 1.29 is 0 Å². The highest BCUT2D eigenvalue weighted by Gasteiger charge is 2.18. The minimum absolute atomic E-state index is 0.706. The molecular formula is C25H34N2. The summed E-state index contributed by atoms with van der Waals surface area (Å²) in [7, 11) is 0. The number of allylic oxidation sites excluding steroid dienone is 1. The first-order valence-corrected chi connectivity index (χ1v) is 10.9. The fourth-order valence-corrected chi connectivity index (χ4v) is 4.12. The topological polar surface area (TPSA) is 25.8 Å². The quantitative estimate of drug-likeness (QED) is 0.500. The zero-order valence-corrected chi connectivity index (χ0v) is 17.0. The van der Waals surface area contributed by atoms with Crippen LogP contribution in [0.5, 0.6) is 0 Å². The molecule has 0 spiro atoms. The largest absolute Gasteiger partial charge is 0.237 e. The van der Waals surface area contributed by atoms with Gasteiger partial charge < -0.3 is 0 Å². The van der Waals surface area contributed by atoms with E-state index in [9.17, 15) is 0 Å². The van der Waals surface area contributed by atoms with Gasteiger partial charge in [0.05, 0.1) is 0 Å². The minimum Gasteiger partial charge on any atom is -0.237 e. The van der Waals surface area contributed by atoms with Crippen LogP contribution in [0.1, 0.15) is 76.6 Å². The lowest BCUT2D eigenvalue weighted by molar-refractivity contribution is 0.295.